The quantitative estimate of drug-likeness (QED) is 0.824. The molecule has 0 spiro atoms. The lowest BCUT2D eigenvalue weighted by molar-refractivity contribution is 0.607. The van der Waals surface area contributed by atoms with Crippen molar-refractivity contribution < 1.29 is 8.42 Å². The van der Waals surface area contributed by atoms with Crippen molar-refractivity contribution in [2.24, 2.45) is 0 Å². The molecule has 1 aromatic rings. The average molecular weight is 214 g/mol. The van der Waals surface area contributed by atoms with Gasteiger partial charge in [-0.25, -0.2) is 8.42 Å². The number of anilines is 1. The Hall–Kier alpha value is -1.10. The van der Waals surface area contributed by atoms with Crippen LogP contribution in [0.25, 0.3) is 0 Å². The first-order valence-electron chi connectivity index (χ1n) is 4.44. The molecule has 0 aliphatic carbocycles. The zero-order chi connectivity index (χ0) is 10.6. The molecule has 1 N–H and O–H groups in total. The lowest BCUT2D eigenvalue weighted by Gasteiger charge is -2.04. The van der Waals surface area contributed by atoms with Crippen LogP contribution in [0.5, 0.6) is 0 Å². The van der Waals surface area contributed by atoms with Gasteiger partial charge in [0, 0.05) is 11.9 Å². The van der Waals surface area contributed by atoms with Gasteiger partial charge in [0.05, 0.1) is 11.9 Å². The van der Waals surface area contributed by atoms with E-state index in [-0.39, 0.29) is 0 Å². The zero-order valence-electron chi connectivity index (χ0n) is 8.32. The summed E-state index contributed by atoms with van der Waals surface area (Å²) in [6.45, 7) is 2.05. The van der Waals surface area contributed by atoms with Crippen LogP contribution < -0.4 is 4.72 Å². The molecule has 78 valence electrons. The molecule has 0 aliphatic heterocycles. The normalized spacial score (nSPS) is 11.3. The fourth-order valence-electron chi connectivity index (χ4n) is 1.15. The van der Waals surface area contributed by atoms with Crippen molar-refractivity contribution in [3.05, 3.63) is 24.0 Å². The summed E-state index contributed by atoms with van der Waals surface area (Å²) >= 11 is 0. The number of rotatable bonds is 4. The summed E-state index contributed by atoms with van der Waals surface area (Å²) in [5.74, 6) is 0. The van der Waals surface area contributed by atoms with Crippen molar-refractivity contribution in [3.63, 3.8) is 0 Å². The van der Waals surface area contributed by atoms with Crippen LogP contribution in [0.1, 0.15) is 19.0 Å². The molecule has 0 fully saturated rings. The number of nitrogens with one attached hydrogen (secondary N) is 1. The highest BCUT2D eigenvalue weighted by Crippen LogP contribution is 2.10. The van der Waals surface area contributed by atoms with Crippen LogP contribution in [0, 0.1) is 0 Å². The molecular weight excluding hydrogens is 200 g/mol. The maximum Gasteiger partial charge on any atom is 0.229 e. The fraction of sp³-hybridized carbons (Fsp3) is 0.444. The van der Waals surface area contributed by atoms with Crippen molar-refractivity contribution in [3.8, 4) is 0 Å². The maximum absolute atomic E-state index is 10.9. The molecule has 0 bridgehead atoms. The Morgan fingerprint density at radius 1 is 1.50 bits per heavy atom. The highest BCUT2D eigenvalue weighted by Gasteiger charge is 2.02. The molecule has 0 unspecified atom stereocenters. The molecule has 1 rings (SSSR count). The van der Waals surface area contributed by atoms with E-state index in [0.29, 0.717) is 5.69 Å². The Kier molecular flexibility index (Phi) is 3.46. The molecule has 0 atom stereocenters. The van der Waals surface area contributed by atoms with E-state index in [1.807, 2.05) is 0 Å². The first kappa shape index (κ1) is 11.0. The van der Waals surface area contributed by atoms with Gasteiger partial charge in [-0.05, 0) is 18.6 Å². The van der Waals surface area contributed by atoms with E-state index in [2.05, 4.69) is 16.6 Å². The van der Waals surface area contributed by atoms with Crippen LogP contribution in [0.2, 0.25) is 0 Å². The van der Waals surface area contributed by atoms with Crippen molar-refractivity contribution >= 4 is 15.7 Å². The Balaban J connectivity index is 2.83. The van der Waals surface area contributed by atoms with Crippen LogP contribution in [0.3, 0.4) is 0 Å². The maximum atomic E-state index is 10.9. The van der Waals surface area contributed by atoms with E-state index in [1.165, 1.54) is 0 Å². The smallest absolute Gasteiger partial charge is 0.229 e. The molecular formula is C9H14N2O2S. The highest BCUT2D eigenvalue weighted by molar-refractivity contribution is 7.92. The van der Waals surface area contributed by atoms with Crippen molar-refractivity contribution in [1.82, 2.24) is 4.98 Å². The van der Waals surface area contributed by atoms with Crippen LogP contribution in [0.4, 0.5) is 5.69 Å². The Labute approximate surface area is 84.4 Å². The van der Waals surface area contributed by atoms with Gasteiger partial charge >= 0.3 is 0 Å². The second kappa shape index (κ2) is 4.41. The monoisotopic (exact) mass is 214 g/mol. The average Bonchev–Trinajstić information content (AvgIpc) is 2.02. The van der Waals surface area contributed by atoms with Gasteiger partial charge in [-0.3, -0.25) is 9.71 Å². The summed E-state index contributed by atoms with van der Waals surface area (Å²) in [6, 6.07) is 3.39. The third-order valence-corrected chi connectivity index (χ3v) is 2.23. The van der Waals surface area contributed by atoms with Crippen LogP contribution in [0.15, 0.2) is 18.3 Å². The number of hydrogen-bond acceptors (Lipinski definition) is 3. The largest absolute Gasteiger partial charge is 0.284 e. The van der Waals surface area contributed by atoms with Crippen LogP contribution >= 0.6 is 0 Å². The molecule has 14 heavy (non-hydrogen) atoms. The van der Waals surface area contributed by atoms with E-state index >= 15 is 0 Å². The molecule has 0 aliphatic rings. The van der Waals surface area contributed by atoms with Gasteiger partial charge in [-0.1, -0.05) is 13.3 Å². The van der Waals surface area contributed by atoms with Crippen molar-refractivity contribution in [1.29, 1.82) is 0 Å². The summed E-state index contributed by atoms with van der Waals surface area (Å²) in [5.41, 5.74) is 1.48. The van der Waals surface area contributed by atoms with Gasteiger partial charge in [-0.2, -0.15) is 0 Å². The lowest BCUT2D eigenvalue weighted by atomic mass is 10.2. The predicted molar refractivity (Wildman–Crippen MR) is 56.7 cm³/mol. The summed E-state index contributed by atoms with van der Waals surface area (Å²) in [7, 11) is -3.19. The third kappa shape index (κ3) is 3.74. The number of sulfonamides is 1. The van der Waals surface area contributed by atoms with E-state index in [1.54, 1.807) is 18.3 Å². The van der Waals surface area contributed by atoms with Gasteiger partial charge in [0.1, 0.15) is 0 Å². The second-order valence-electron chi connectivity index (χ2n) is 3.16. The first-order chi connectivity index (χ1) is 6.51. The summed E-state index contributed by atoms with van der Waals surface area (Å²) in [5, 5.41) is 0. The SMILES string of the molecule is CCCc1cc(NS(C)(=O)=O)ccn1. The molecule has 0 saturated heterocycles. The minimum Gasteiger partial charge on any atom is -0.284 e. The highest BCUT2D eigenvalue weighted by atomic mass is 32.2. The molecule has 0 saturated carbocycles. The molecule has 5 heteroatoms. The topological polar surface area (TPSA) is 59.1 Å². The zero-order valence-corrected chi connectivity index (χ0v) is 9.13. The van der Waals surface area contributed by atoms with Gasteiger partial charge < -0.3 is 0 Å². The minimum atomic E-state index is -3.19. The van der Waals surface area contributed by atoms with Crippen LogP contribution in [-0.2, 0) is 16.4 Å². The Morgan fingerprint density at radius 2 is 2.21 bits per heavy atom. The van der Waals surface area contributed by atoms with Gasteiger partial charge in [-0.15, -0.1) is 0 Å². The molecule has 0 radical (unpaired) electrons. The van der Waals surface area contributed by atoms with Crippen molar-refractivity contribution in [2.75, 3.05) is 11.0 Å². The molecule has 0 amide bonds. The van der Waals surface area contributed by atoms with Crippen molar-refractivity contribution in [2.45, 2.75) is 19.8 Å². The number of aryl methyl sites for hydroxylation is 1. The summed E-state index contributed by atoms with van der Waals surface area (Å²) in [6.07, 6.45) is 4.60. The van der Waals surface area contributed by atoms with Gasteiger partial charge in [0.2, 0.25) is 10.0 Å². The first-order valence-corrected chi connectivity index (χ1v) is 6.33. The molecule has 4 nitrogen and oxygen atoms in total. The summed E-state index contributed by atoms with van der Waals surface area (Å²) < 4.78 is 24.3. The predicted octanol–water partition coefficient (Wildman–Crippen LogP) is 1.41. The molecule has 0 aromatic carbocycles. The van der Waals surface area contributed by atoms with E-state index < -0.39 is 10.0 Å². The third-order valence-electron chi connectivity index (χ3n) is 1.63. The van der Waals surface area contributed by atoms with Crippen LogP contribution in [-0.4, -0.2) is 19.7 Å². The van der Waals surface area contributed by atoms with Gasteiger partial charge in [0.25, 0.3) is 0 Å². The fourth-order valence-corrected chi connectivity index (χ4v) is 1.70. The summed E-state index contributed by atoms with van der Waals surface area (Å²) in [4.78, 5) is 4.12. The lowest BCUT2D eigenvalue weighted by Crippen LogP contribution is -2.09. The minimum absolute atomic E-state index is 0.575. The van der Waals surface area contributed by atoms with Gasteiger partial charge in [0.15, 0.2) is 0 Å². The van der Waals surface area contributed by atoms with E-state index in [4.69, 9.17) is 0 Å². The van der Waals surface area contributed by atoms with E-state index in [9.17, 15) is 8.42 Å². The second-order valence-corrected chi connectivity index (χ2v) is 4.91. The Bertz CT molecular complexity index is 401. The number of aromatic nitrogens is 1. The standard InChI is InChI=1S/C9H14N2O2S/c1-3-4-8-7-9(5-6-10-8)11-14(2,12)13/h5-7H,3-4H2,1-2H3,(H,10,11). The molecule has 1 aromatic heterocycles. The Morgan fingerprint density at radius 3 is 2.79 bits per heavy atom. The van der Waals surface area contributed by atoms with E-state index in [0.717, 1.165) is 24.8 Å². The number of hydrogen-bond donors (Lipinski definition) is 1. The number of nitrogens with zero attached hydrogens (tertiary/aromatic N) is 1. The molecule has 1 heterocycles. The number of pyridine rings is 1.